The van der Waals surface area contributed by atoms with E-state index in [1.807, 2.05) is 20.8 Å². The molecule has 1 aliphatic rings. The van der Waals surface area contributed by atoms with Gasteiger partial charge in [0.05, 0.1) is 5.92 Å². The van der Waals surface area contributed by atoms with Crippen LogP contribution in [0.15, 0.2) is 0 Å². The first-order valence-corrected chi connectivity index (χ1v) is 7.15. The first-order valence-electron chi connectivity index (χ1n) is 7.15. The first kappa shape index (κ1) is 19.2. The fourth-order valence-electron chi connectivity index (χ4n) is 2.25. The van der Waals surface area contributed by atoms with Crippen molar-refractivity contribution in [2.45, 2.75) is 46.1 Å². The van der Waals surface area contributed by atoms with Gasteiger partial charge in [-0.25, -0.2) is 0 Å². The number of carbonyl (C=O) groups is 2. The maximum Gasteiger partial charge on any atom is 0.225 e. The number of hydrogen-bond acceptors (Lipinski definition) is 3. The predicted octanol–water partition coefficient (Wildman–Crippen LogP) is 1.17. The van der Waals surface area contributed by atoms with Crippen molar-refractivity contribution in [1.29, 1.82) is 0 Å². The Hall–Kier alpha value is -0.810. The lowest BCUT2D eigenvalue weighted by Crippen LogP contribution is -2.43. The van der Waals surface area contributed by atoms with Crippen LogP contribution in [0.4, 0.5) is 0 Å². The Kier molecular flexibility index (Phi) is 8.13. The maximum atomic E-state index is 12.0. The summed E-state index contributed by atoms with van der Waals surface area (Å²) in [7, 11) is 0. The summed E-state index contributed by atoms with van der Waals surface area (Å²) in [5.41, 5.74) is -0.200. The number of rotatable bonds is 6. The summed E-state index contributed by atoms with van der Waals surface area (Å²) in [6.07, 6.45) is 1.43. The second-order valence-corrected chi connectivity index (χ2v) is 6.12. The van der Waals surface area contributed by atoms with E-state index in [1.165, 1.54) is 0 Å². The SMILES string of the molecule is CCCNCCNC(=O)C1CC(=O)N(C(C)(C)C)C1.Cl. The minimum Gasteiger partial charge on any atom is -0.355 e. The van der Waals surface area contributed by atoms with Gasteiger partial charge in [0, 0.05) is 31.6 Å². The number of amides is 2. The number of nitrogens with zero attached hydrogens (tertiary/aromatic N) is 1. The molecule has 118 valence electrons. The summed E-state index contributed by atoms with van der Waals surface area (Å²) in [5, 5.41) is 6.13. The molecule has 20 heavy (non-hydrogen) atoms. The molecular weight excluding hydrogens is 278 g/mol. The average Bonchev–Trinajstić information content (AvgIpc) is 2.70. The molecule has 0 saturated carbocycles. The van der Waals surface area contributed by atoms with Crippen LogP contribution in [0.5, 0.6) is 0 Å². The van der Waals surface area contributed by atoms with Gasteiger partial charge in [-0.05, 0) is 33.7 Å². The van der Waals surface area contributed by atoms with Crippen LogP contribution in [0.25, 0.3) is 0 Å². The molecule has 1 fully saturated rings. The summed E-state index contributed by atoms with van der Waals surface area (Å²) in [6, 6.07) is 0. The van der Waals surface area contributed by atoms with Crippen molar-refractivity contribution in [3.05, 3.63) is 0 Å². The van der Waals surface area contributed by atoms with Crippen LogP contribution >= 0.6 is 12.4 Å². The zero-order chi connectivity index (χ0) is 14.5. The third-order valence-electron chi connectivity index (χ3n) is 3.33. The third kappa shape index (κ3) is 5.67. The quantitative estimate of drug-likeness (QED) is 0.724. The molecular formula is C14H28ClN3O2. The highest BCUT2D eigenvalue weighted by Crippen LogP contribution is 2.25. The van der Waals surface area contributed by atoms with E-state index in [0.29, 0.717) is 19.5 Å². The van der Waals surface area contributed by atoms with Gasteiger partial charge in [0.25, 0.3) is 0 Å². The molecule has 0 spiro atoms. The van der Waals surface area contributed by atoms with Crippen LogP contribution < -0.4 is 10.6 Å². The van der Waals surface area contributed by atoms with Gasteiger partial charge in [-0.15, -0.1) is 12.4 Å². The molecule has 1 unspecified atom stereocenters. The van der Waals surface area contributed by atoms with Crippen LogP contribution in [0.3, 0.4) is 0 Å². The van der Waals surface area contributed by atoms with Gasteiger partial charge in [-0.3, -0.25) is 9.59 Å². The van der Waals surface area contributed by atoms with E-state index in [4.69, 9.17) is 0 Å². The van der Waals surface area contributed by atoms with Crippen molar-refractivity contribution in [3.63, 3.8) is 0 Å². The van der Waals surface area contributed by atoms with Crippen molar-refractivity contribution in [3.8, 4) is 0 Å². The average molecular weight is 306 g/mol. The Labute approximate surface area is 128 Å². The van der Waals surface area contributed by atoms with Crippen molar-refractivity contribution in [2.24, 2.45) is 5.92 Å². The monoisotopic (exact) mass is 305 g/mol. The molecule has 5 nitrogen and oxygen atoms in total. The largest absolute Gasteiger partial charge is 0.355 e. The number of hydrogen-bond donors (Lipinski definition) is 2. The Morgan fingerprint density at radius 1 is 1.30 bits per heavy atom. The summed E-state index contributed by atoms with van der Waals surface area (Å²) in [5.74, 6) is -0.118. The molecule has 0 aromatic rings. The molecule has 0 aliphatic carbocycles. The summed E-state index contributed by atoms with van der Waals surface area (Å²) < 4.78 is 0. The molecule has 0 radical (unpaired) electrons. The Bertz CT molecular complexity index is 329. The van der Waals surface area contributed by atoms with E-state index in [1.54, 1.807) is 4.90 Å². The van der Waals surface area contributed by atoms with Gasteiger partial charge in [0.2, 0.25) is 11.8 Å². The van der Waals surface area contributed by atoms with E-state index < -0.39 is 0 Å². The fourth-order valence-corrected chi connectivity index (χ4v) is 2.25. The standard InChI is InChI=1S/C14H27N3O2.ClH/c1-5-6-15-7-8-16-13(19)11-9-12(18)17(10-11)14(2,3)4;/h11,15H,5-10H2,1-4H3,(H,16,19);1H. The van der Waals surface area contributed by atoms with Crippen LogP contribution in [-0.4, -0.2) is 48.4 Å². The second-order valence-electron chi connectivity index (χ2n) is 6.12. The molecule has 1 rings (SSSR count). The molecule has 0 aromatic carbocycles. The first-order chi connectivity index (χ1) is 8.86. The molecule has 1 heterocycles. The van der Waals surface area contributed by atoms with Crippen molar-refractivity contribution < 1.29 is 9.59 Å². The summed E-state index contributed by atoms with van der Waals surface area (Å²) in [6.45, 7) is 11.0. The van der Waals surface area contributed by atoms with Gasteiger partial charge in [0.15, 0.2) is 0 Å². The molecule has 6 heteroatoms. The lowest BCUT2D eigenvalue weighted by Gasteiger charge is -2.31. The van der Waals surface area contributed by atoms with Gasteiger partial charge >= 0.3 is 0 Å². The lowest BCUT2D eigenvalue weighted by atomic mass is 10.1. The van der Waals surface area contributed by atoms with Crippen LogP contribution in [0.2, 0.25) is 0 Å². The fraction of sp³-hybridized carbons (Fsp3) is 0.857. The predicted molar refractivity (Wildman–Crippen MR) is 83.0 cm³/mol. The summed E-state index contributed by atoms with van der Waals surface area (Å²) >= 11 is 0. The molecule has 1 aliphatic heterocycles. The molecule has 0 aromatic heterocycles. The second kappa shape index (κ2) is 8.47. The van der Waals surface area contributed by atoms with Crippen molar-refractivity contribution in [2.75, 3.05) is 26.2 Å². The van der Waals surface area contributed by atoms with E-state index in [9.17, 15) is 9.59 Å². The topological polar surface area (TPSA) is 61.4 Å². The lowest BCUT2D eigenvalue weighted by molar-refractivity contribution is -0.132. The molecule has 2 N–H and O–H groups in total. The van der Waals surface area contributed by atoms with E-state index in [-0.39, 0.29) is 35.7 Å². The number of halogens is 1. The van der Waals surface area contributed by atoms with Crippen LogP contribution in [0, 0.1) is 5.92 Å². The Morgan fingerprint density at radius 3 is 2.45 bits per heavy atom. The Balaban J connectivity index is 0.00000361. The number of nitrogens with one attached hydrogen (secondary N) is 2. The highest BCUT2D eigenvalue weighted by atomic mass is 35.5. The van der Waals surface area contributed by atoms with E-state index in [2.05, 4.69) is 17.6 Å². The number of likely N-dealkylation sites (tertiary alicyclic amines) is 1. The van der Waals surface area contributed by atoms with E-state index >= 15 is 0 Å². The highest BCUT2D eigenvalue weighted by Gasteiger charge is 2.39. The maximum absolute atomic E-state index is 12.0. The van der Waals surface area contributed by atoms with E-state index in [0.717, 1.165) is 19.5 Å². The number of carbonyl (C=O) groups excluding carboxylic acids is 2. The van der Waals surface area contributed by atoms with Crippen LogP contribution in [0.1, 0.15) is 40.5 Å². The van der Waals surface area contributed by atoms with Gasteiger partial charge in [-0.2, -0.15) is 0 Å². The summed E-state index contributed by atoms with van der Waals surface area (Å²) in [4.78, 5) is 25.7. The van der Waals surface area contributed by atoms with Crippen LogP contribution in [-0.2, 0) is 9.59 Å². The van der Waals surface area contributed by atoms with Gasteiger partial charge < -0.3 is 15.5 Å². The third-order valence-corrected chi connectivity index (χ3v) is 3.33. The zero-order valence-corrected chi connectivity index (χ0v) is 13.8. The smallest absolute Gasteiger partial charge is 0.225 e. The van der Waals surface area contributed by atoms with Gasteiger partial charge in [0.1, 0.15) is 0 Å². The molecule has 1 atom stereocenters. The van der Waals surface area contributed by atoms with Crippen molar-refractivity contribution >= 4 is 24.2 Å². The molecule has 1 saturated heterocycles. The minimum atomic E-state index is -0.200. The molecule has 2 amide bonds. The Morgan fingerprint density at radius 2 is 1.95 bits per heavy atom. The normalized spacial score (nSPS) is 18.9. The zero-order valence-electron chi connectivity index (χ0n) is 13.0. The molecule has 0 bridgehead atoms. The van der Waals surface area contributed by atoms with Crippen molar-refractivity contribution in [1.82, 2.24) is 15.5 Å². The highest BCUT2D eigenvalue weighted by molar-refractivity contribution is 5.89. The van der Waals surface area contributed by atoms with Gasteiger partial charge in [-0.1, -0.05) is 6.92 Å². The minimum absolute atomic E-state index is 0.